The van der Waals surface area contributed by atoms with Crippen LogP contribution in [-0.2, 0) is 17.9 Å². The van der Waals surface area contributed by atoms with Crippen molar-refractivity contribution in [2.45, 2.75) is 58.3 Å². The smallest absolute Gasteiger partial charge is 0.266 e. The molecule has 4 rings (SSSR count). The lowest BCUT2D eigenvalue weighted by Crippen LogP contribution is -2.51. The molecule has 2 aromatic rings. The Morgan fingerprint density at radius 2 is 2.04 bits per heavy atom. The molecule has 0 bridgehead atoms. The van der Waals surface area contributed by atoms with Gasteiger partial charge in [-0.1, -0.05) is 12.1 Å². The van der Waals surface area contributed by atoms with Crippen LogP contribution < -0.4 is 4.74 Å². The van der Waals surface area contributed by atoms with Crippen LogP contribution in [0.2, 0.25) is 0 Å². The highest BCUT2D eigenvalue weighted by Gasteiger charge is 2.37. The van der Waals surface area contributed by atoms with Crippen molar-refractivity contribution in [2.75, 3.05) is 20.1 Å². The molecule has 0 N–H and O–H groups in total. The summed E-state index contributed by atoms with van der Waals surface area (Å²) >= 11 is 0. The van der Waals surface area contributed by atoms with E-state index in [1.165, 1.54) is 6.42 Å². The molecule has 0 spiro atoms. The molecule has 1 aromatic carbocycles. The standard InChI is InChI=1S/C21H29N5O2/c1-15-7-5-8-16(13-15)28-21(2,3)20(27)25-11-12-26-18(14-25)22-23-19(26)17-9-6-10-24(17)4/h5,7-8,13,17H,6,9-12,14H2,1-4H3/t17-/m0/s1. The fourth-order valence-electron chi connectivity index (χ4n) is 4.23. The predicted octanol–water partition coefficient (Wildman–Crippen LogP) is 2.55. The largest absolute Gasteiger partial charge is 0.478 e. The Morgan fingerprint density at radius 3 is 2.75 bits per heavy atom. The first kappa shape index (κ1) is 18.9. The first-order chi connectivity index (χ1) is 13.3. The molecule has 2 aliphatic rings. The molecule has 7 nitrogen and oxygen atoms in total. The zero-order chi connectivity index (χ0) is 19.9. The number of aromatic nitrogens is 3. The first-order valence-corrected chi connectivity index (χ1v) is 10.0. The minimum Gasteiger partial charge on any atom is -0.478 e. The molecule has 1 amide bonds. The quantitative estimate of drug-likeness (QED) is 0.812. The molecular weight excluding hydrogens is 354 g/mol. The van der Waals surface area contributed by atoms with E-state index < -0.39 is 5.60 Å². The lowest BCUT2D eigenvalue weighted by molar-refractivity contribution is -0.147. The summed E-state index contributed by atoms with van der Waals surface area (Å²) in [6, 6.07) is 8.13. The predicted molar refractivity (Wildman–Crippen MR) is 106 cm³/mol. The molecule has 150 valence electrons. The number of hydrogen-bond acceptors (Lipinski definition) is 5. The SMILES string of the molecule is Cc1cccc(OC(C)(C)C(=O)N2CCn3c(nnc3[C@@H]3CCCN3C)C2)c1. The molecule has 3 heterocycles. The number of rotatable bonds is 4. The van der Waals surface area contributed by atoms with Crippen LogP contribution in [0.5, 0.6) is 5.75 Å². The van der Waals surface area contributed by atoms with Gasteiger partial charge in [0, 0.05) is 13.1 Å². The summed E-state index contributed by atoms with van der Waals surface area (Å²) in [5.74, 6) is 2.59. The van der Waals surface area contributed by atoms with Crippen LogP contribution in [0.3, 0.4) is 0 Å². The van der Waals surface area contributed by atoms with Crippen molar-refractivity contribution in [1.29, 1.82) is 0 Å². The number of fused-ring (bicyclic) bond motifs is 1. The number of carbonyl (C=O) groups excluding carboxylic acids is 1. The van der Waals surface area contributed by atoms with Crippen LogP contribution in [0.15, 0.2) is 24.3 Å². The van der Waals surface area contributed by atoms with E-state index in [0.717, 1.165) is 36.7 Å². The summed E-state index contributed by atoms with van der Waals surface area (Å²) in [6.07, 6.45) is 2.31. The molecule has 0 radical (unpaired) electrons. The molecular formula is C21H29N5O2. The summed E-state index contributed by atoms with van der Waals surface area (Å²) in [5, 5.41) is 8.86. The number of ether oxygens (including phenoxy) is 1. The fourth-order valence-corrected chi connectivity index (χ4v) is 4.23. The summed E-state index contributed by atoms with van der Waals surface area (Å²) in [7, 11) is 2.14. The maximum Gasteiger partial charge on any atom is 0.266 e. The first-order valence-electron chi connectivity index (χ1n) is 10.0. The van der Waals surface area contributed by atoms with Crippen LogP contribution in [0.1, 0.15) is 49.9 Å². The molecule has 1 aromatic heterocycles. The number of benzene rings is 1. The van der Waals surface area contributed by atoms with Crippen molar-refractivity contribution >= 4 is 5.91 Å². The Bertz CT molecular complexity index is 875. The average Bonchev–Trinajstić information content (AvgIpc) is 3.25. The van der Waals surface area contributed by atoms with Crippen molar-refractivity contribution in [3.05, 3.63) is 41.5 Å². The average molecular weight is 383 g/mol. The van der Waals surface area contributed by atoms with E-state index in [9.17, 15) is 4.79 Å². The van der Waals surface area contributed by atoms with E-state index in [-0.39, 0.29) is 5.91 Å². The molecule has 0 saturated carbocycles. The second-order valence-electron chi connectivity index (χ2n) is 8.42. The fraction of sp³-hybridized carbons (Fsp3) is 0.571. The lowest BCUT2D eigenvalue weighted by atomic mass is 10.1. The highest BCUT2D eigenvalue weighted by atomic mass is 16.5. The van der Waals surface area contributed by atoms with Crippen LogP contribution in [0.25, 0.3) is 0 Å². The monoisotopic (exact) mass is 383 g/mol. The van der Waals surface area contributed by atoms with Crippen molar-refractivity contribution in [3.8, 4) is 5.75 Å². The normalized spacial score (nSPS) is 20.3. The molecule has 1 saturated heterocycles. The number of likely N-dealkylation sites (tertiary alicyclic amines) is 1. The van der Waals surface area contributed by atoms with Crippen molar-refractivity contribution in [3.63, 3.8) is 0 Å². The Hall–Kier alpha value is -2.41. The minimum absolute atomic E-state index is 0.0252. The molecule has 2 aliphatic heterocycles. The van der Waals surface area contributed by atoms with E-state index in [4.69, 9.17) is 4.74 Å². The number of carbonyl (C=O) groups is 1. The number of aryl methyl sites for hydroxylation is 1. The van der Waals surface area contributed by atoms with Gasteiger partial charge in [-0.25, -0.2) is 0 Å². The van der Waals surface area contributed by atoms with Gasteiger partial charge < -0.3 is 14.2 Å². The Balaban J connectivity index is 1.48. The molecule has 0 unspecified atom stereocenters. The molecule has 7 heteroatoms. The second kappa shape index (κ2) is 7.20. The highest BCUT2D eigenvalue weighted by molar-refractivity contribution is 5.84. The van der Waals surface area contributed by atoms with Crippen molar-refractivity contribution in [1.82, 2.24) is 24.6 Å². The van der Waals surface area contributed by atoms with Crippen LogP contribution in [0, 0.1) is 6.92 Å². The molecule has 1 atom stereocenters. The number of nitrogens with zero attached hydrogens (tertiary/aromatic N) is 5. The topological polar surface area (TPSA) is 63.5 Å². The molecule has 0 aliphatic carbocycles. The summed E-state index contributed by atoms with van der Waals surface area (Å²) in [5.41, 5.74) is 0.168. The number of amides is 1. The van der Waals surface area contributed by atoms with Crippen LogP contribution in [0.4, 0.5) is 0 Å². The molecule has 28 heavy (non-hydrogen) atoms. The number of hydrogen-bond donors (Lipinski definition) is 0. The maximum absolute atomic E-state index is 13.2. The van der Waals surface area contributed by atoms with Gasteiger partial charge >= 0.3 is 0 Å². The summed E-state index contributed by atoms with van der Waals surface area (Å²) in [6.45, 7) is 8.62. The van der Waals surface area contributed by atoms with E-state index in [1.54, 1.807) is 0 Å². The second-order valence-corrected chi connectivity index (χ2v) is 8.42. The Labute approximate surface area is 166 Å². The minimum atomic E-state index is -0.940. The van der Waals surface area contributed by atoms with E-state index in [1.807, 2.05) is 49.9 Å². The van der Waals surface area contributed by atoms with Crippen molar-refractivity contribution in [2.24, 2.45) is 0 Å². The highest BCUT2D eigenvalue weighted by Crippen LogP contribution is 2.31. The van der Waals surface area contributed by atoms with E-state index >= 15 is 0 Å². The summed E-state index contributed by atoms with van der Waals surface area (Å²) in [4.78, 5) is 17.3. The summed E-state index contributed by atoms with van der Waals surface area (Å²) < 4.78 is 8.24. The molecule has 1 fully saturated rings. The Kier molecular flexibility index (Phi) is 4.87. The Morgan fingerprint density at radius 1 is 1.21 bits per heavy atom. The third-order valence-corrected chi connectivity index (χ3v) is 5.77. The zero-order valence-electron chi connectivity index (χ0n) is 17.2. The van der Waals surface area contributed by atoms with Gasteiger partial charge in [0.1, 0.15) is 5.75 Å². The van der Waals surface area contributed by atoms with E-state index in [0.29, 0.717) is 24.9 Å². The zero-order valence-corrected chi connectivity index (χ0v) is 17.2. The van der Waals surface area contributed by atoms with Gasteiger partial charge in [-0.3, -0.25) is 9.69 Å². The van der Waals surface area contributed by atoms with Crippen LogP contribution >= 0.6 is 0 Å². The maximum atomic E-state index is 13.2. The van der Waals surface area contributed by atoms with Gasteiger partial charge in [-0.05, 0) is 64.9 Å². The van der Waals surface area contributed by atoms with Crippen LogP contribution in [-0.4, -0.2) is 56.2 Å². The van der Waals surface area contributed by atoms with E-state index in [2.05, 4.69) is 26.7 Å². The van der Waals surface area contributed by atoms with Gasteiger partial charge in [0.05, 0.1) is 12.6 Å². The van der Waals surface area contributed by atoms with Gasteiger partial charge in [-0.2, -0.15) is 0 Å². The van der Waals surface area contributed by atoms with Crippen molar-refractivity contribution < 1.29 is 9.53 Å². The van der Waals surface area contributed by atoms with Gasteiger partial charge in [0.15, 0.2) is 17.2 Å². The van der Waals surface area contributed by atoms with Gasteiger partial charge in [-0.15, -0.1) is 10.2 Å². The lowest BCUT2D eigenvalue weighted by Gasteiger charge is -2.35. The van der Waals surface area contributed by atoms with Gasteiger partial charge in [0.25, 0.3) is 5.91 Å². The van der Waals surface area contributed by atoms with Gasteiger partial charge in [0.2, 0.25) is 0 Å². The third-order valence-electron chi connectivity index (χ3n) is 5.77. The third kappa shape index (κ3) is 3.51.